The van der Waals surface area contributed by atoms with Crippen molar-refractivity contribution in [3.63, 3.8) is 0 Å². The van der Waals surface area contributed by atoms with Gasteiger partial charge in [-0.15, -0.1) is 11.3 Å². The highest BCUT2D eigenvalue weighted by atomic mass is 32.1. The summed E-state index contributed by atoms with van der Waals surface area (Å²) in [5, 5.41) is 6.16. The third kappa shape index (κ3) is 3.22. The first-order valence-corrected chi connectivity index (χ1v) is 11.4. The van der Waals surface area contributed by atoms with Gasteiger partial charge in [0.2, 0.25) is 5.91 Å². The SMILES string of the molecule is CC1CCCN(Cc2csc(NC(=O)C34CC5CC(CC(C5)C3)C4)n2)C1. The van der Waals surface area contributed by atoms with Crippen LogP contribution in [0.4, 0.5) is 5.13 Å². The Morgan fingerprint density at radius 2 is 1.96 bits per heavy atom. The van der Waals surface area contributed by atoms with Gasteiger partial charge in [-0.05, 0) is 81.6 Å². The second-order valence-electron chi connectivity index (χ2n) is 9.78. The van der Waals surface area contributed by atoms with E-state index in [-0.39, 0.29) is 11.3 Å². The van der Waals surface area contributed by atoms with Gasteiger partial charge in [0.25, 0.3) is 0 Å². The molecule has 1 aromatic heterocycles. The van der Waals surface area contributed by atoms with Crippen molar-refractivity contribution < 1.29 is 4.79 Å². The van der Waals surface area contributed by atoms with Crippen molar-refractivity contribution in [3.05, 3.63) is 11.1 Å². The molecule has 26 heavy (non-hydrogen) atoms. The summed E-state index contributed by atoms with van der Waals surface area (Å²) in [6, 6.07) is 0. The van der Waals surface area contributed by atoms with Gasteiger partial charge in [-0.2, -0.15) is 0 Å². The van der Waals surface area contributed by atoms with Crippen molar-refractivity contribution in [1.29, 1.82) is 0 Å². The number of hydrogen-bond donors (Lipinski definition) is 1. The third-order valence-corrected chi connectivity index (χ3v) is 8.23. The largest absolute Gasteiger partial charge is 0.301 e. The van der Waals surface area contributed by atoms with E-state index in [0.29, 0.717) is 0 Å². The van der Waals surface area contributed by atoms with Crippen LogP contribution in [0.1, 0.15) is 64.0 Å². The van der Waals surface area contributed by atoms with Crippen molar-refractivity contribution in [2.45, 2.75) is 64.8 Å². The maximum absolute atomic E-state index is 13.2. The second-order valence-corrected chi connectivity index (χ2v) is 10.6. The molecule has 1 unspecified atom stereocenters. The highest BCUT2D eigenvalue weighted by Crippen LogP contribution is 2.60. The van der Waals surface area contributed by atoms with Crippen molar-refractivity contribution in [1.82, 2.24) is 9.88 Å². The van der Waals surface area contributed by atoms with Gasteiger partial charge < -0.3 is 5.32 Å². The molecule has 1 saturated heterocycles. The molecule has 0 aromatic carbocycles. The van der Waals surface area contributed by atoms with E-state index >= 15 is 0 Å². The maximum Gasteiger partial charge on any atom is 0.232 e. The molecule has 142 valence electrons. The molecule has 4 aliphatic carbocycles. The van der Waals surface area contributed by atoms with Gasteiger partial charge in [-0.1, -0.05) is 6.92 Å². The lowest BCUT2D eigenvalue weighted by Crippen LogP contribution is -2.51. The number of anilines is 1. The molecule has 1 N–H and O–H groups in total. The molecular formula is C21H31N3OS. The van der Waals surface area contributed by atoms with Crippen molar-refractivity contribution in [2.75, 3.05) is 18.4 Å². The molecule has 4 bridgehead atoms. The van der Waals surface area contributed by atoms with Crippen LogP contribution in [0.2, 0.25) is 0 Å². The fourth-order valence-electron chi connectivity index (χ4n) is 6.71. The predicted octanol–water partition coefficient (Wildman–Crippen LogP) is 4.53. The van der Waals surface area contributed by atoms with E-state index in [2.05, 4.69) is 22.5 Å². The van der Waals surface area contributed by atoms with E-state index < -0.39 is 0 Å². The first-order chi connectivity index (χ1) is 12.6. The molecule has 0 spiro atoms. The van der Waals surface area contributed by atoms with Gasteiger partial charge in [0.1, 0.15) is 0 Å². The van der Waals surface area contributed by atoms with E-state index in [1.54, 1.807) is 11.3 Å². The average molecular weight is 374 g/mol. The minimum atomic E-state index is -0.0805. The number of hydrogen-bond acceptors (Lipinski definition) is 4. The van der Waals surface area contributed by atoms with Crippen LogP contribution in [0.3, 0.4) is 0 Å². The Bertz CT molecular complexity index is 649. The summed E-state index contributed by atoms with van der Waals surface area (Å²) < 4.78 is 0. The fraction of sp³-hybridized carbons (Fsp3) is 0.810. The zero-order valence-electron chi connectivity index (χ0n) is 15.9. The van der Waals surface area contributed by atoms with Crippen LogP contribution in [0.15, 0.2) is 5.38 Å². The molecule has 0 radical (unpaired) electrons. The lowest BCUT2D eigenvalue weighted by Gasteiger charge is -2.55. The summed E-state index contributed by atoms with van der Waals surface area (Å²) in [6.45, 7) is 5.61. The quantitative estimate of drug-likeness (QED) is 0.843. The number of piperidine rings is 1. The molecule has 4 saturated carbocycles. The molecule has 1 atom stereocenters. The number of likely N-dealkylation sites (tertiary alicyclic amines) is 1. The van der Waals surface area contributed by atoms with Gasteiger partial charge in [-0.3, -0.25) is 9.69 Å². The summed E-state index contributed by atoms with van der Waals surface area (Å²) in [5.41, 5.74) is 1.04. The smallest absolute Gasteiger partial charge is 0.232 e. The van der Waals surface area contributed by atoms with Crippen LogP contribution in [0.25, 0.3) is 0 Å². The fourth-order valence-corrected chi connectivity index (χ4v) is 7.41. The van der Waals surface area contributed by atoms with Gasteiger partial charge >= 0.3 is 0 Å². The molecule has 1 aliphatic heterocycles. The second kappa shape index (κ2) is 6.59. The van der Waals surface area contributed by atoms with Crippen LogP contribution in [-0.2, 0) is 11.3 Å². The molecule has 5 aliphatic rings. The standard InChI is InChI=1S/C21H31N3OS/c1-14-3-2-4-24(11-14)12-18-13-26-20(22-18)23-19(25)21-8-15-5-16(9-21)7-17(6-15)10-21/h13-17H,2-12H2,1H3,(H,22,23,25). The first kappa shape index (κ1) is 17.2. The van der Waals surface area contributed by atoms with E-state index in [1.165, 1.54) is 45.2 Å². The van der Waals surface area contributed by atoms with Crippen molar-refractivity contribution in [2.24, 2.45) is 29.1 Å². The van der Waals surface area contributed by atoms with Gasteiger partial charge in [0.05, 0.1) is 11.1 Å². The number of thiazole rings is 1. The van der Waals surface area contributed by atoms with Gasteiger partial charge in [0.15, 0.2) is 5.13 Å². The minimum absolute atomic E-state index is 0.0805. The Balaban J connectivity index is 1.23. The normalized spacial score (nSPS) is 39.3. The highest BCUT2D eigenvalue weighted by molar-refractivity contribution is 7.13. The van der Waals surface area contributed by atoms with Crippen molar-refractivity contribution >= 4 is 22.4 Å². The molecule has 5 heteroatoms. The first-order valence-electron chi connectivity index (χ1n) is 10.6. The number of carbonyl (C=O) groups is 1. The van der Waals surface area contributed by atoms with Crippen LogP contribution in [-0.4, -0.2) is 28.9 Å². The van der Waals surface area contributed by atoms with E-state index in [0.717, 1.165) is 60.3 Å². The lowest BCUT2D eigenvalue weighted by molar-refractivity contribution is -0.140. The van der Waals surface area contributed by atoms with Crippen LogP contribution < -0.4 is 5.32 Å². The van der Waals surface area contributed by atoms with Crippen molar-refractivity contribution in [3.8, 4) is 0 Å². The third-order valence-electron chi connectivity index (χ3n) is 7.42. The lowest BCUT2D eigenvalue weighted by atomic mass is 9.49. The van der Waals surface area contributed by atoms with Crippen LogP contribution in [0.5, 0.6) is 0 Å². The van der Waals surface area contributed by atoms with Gasteiger partial charge in [0, 0.05) is 18.5 Å². The summed E-state index contributed by atoms with van der Waals surface area (Å²) in [7, 11) is 0. The zero-order chi connectivity index (χ0) is 17.7. The maximum atomic E-state index is 13.2. The highest BCUT2D eigenvalue weighted by Gasteiger charge is 2.54. The van der Waals surface area contributed by atoms with E-state index in [1.807, 2.05) is 0 Å². The zero-order valence-corrected chi connectivity index (χ0v) is 16.7. The van der Waals surface area contributed by atoms with E-state index in [4.69, 9.17) is 4.98 Å². The number of rotatable bonds is 4. The summed E-state index contributed by atoms with van der Waals surface area (Å²) in [6.07, 6.45) is 10.1. The summed E-state index contributed by atoms with van der Waals surface area (Å²) >= 11 is 1.60. The molecule has 4 nitrogen and oxygen atoms in total. The molecule has 1 amide bonds. The Kier molecular flexibility index (Phi) is 4.35. The number of nitrogens with zero attached hydrogens (tertiary/aromatic N) is 2. The predicted molar refractivity (Wildman–Crippen MR) is 105 cm³/mol. The molecule has 2 heterocycles. The molecular weight excluding hydrogens is 342 g/mol. The number of nitrogens with one attached hydrogen (secondary N) is 1. The Morgan fingerprint density at radius 3 is 2.62 bits per heavy atom. The molecule has 1 aromatic rings. The number of amides is 1. The minimum Gasteiger partial charge on any atom is -0.301 e. The monoisotopic (exact) mass is 373 g/mol. The van der Waals surface area contributed by atoms with Crippen LogP contribution >= 0.6 is 11.3 Å². The Morgan fingerprint density at radius 1 is 1.27 bits per heavy atom. The van der Waals surface area contributed by atoms with E-state index in [9.17, 15) is 4.79 Å². The van der Waals surface area contributed by atoms with Crippen LogP contribution in [0, 0.1) is 29.1 Å². The van der Waals surface area contributed by atoms with Gasteiger partial charge in [-0.25, -0.2) is 4.98 Å². The molecule has 5 fully saturated rings. The topological polar surface area (TPSA) is 45.2 Å². The number of carbonyl (C=O) groups excluding carboxylic acids is 1. The average Bonchev–Trinajstić information content (AvgIpc) is 3.00. The summed E-state index contributed by atoms with van der Waals surface area (Å²) in [5.74, 6) is 3.47. The Hall–Kier alpha value is -0.940. The summed E-state index contributed by atoms with van der Waals surface area (Å²) in [4.78, 5) is 20.4. The number of aromatic nitrogens is 1. The molecule has 6 rings (SSSR count). The Labute approximate surface area is 160 Å².